The average Bonchev–Trinajstić information content (AvgIpc) is 3.31. The van der Waals surface area contributed by atoms with Gasteiger partial charge in [0.2, 0.25) is 0 Å². The second-order valence-electron chi connectivity index (χ2n) is 9.82. The third kappa shape index (κ3) is 5.52. The van der Waals surface area contributed by atoms with Gasteiger partial charge >= 0.3 is 0 Å². The van der Waals surface area contributed by atoms with Crippen molar-refractivity contribution in [3.05, 3.63) is 60.4 Å². The number of nitrogens with one attached hydrogen (secondary N) is 1. The Kier molecular flexibility index (Phi) is 7.52. The summed E-state index contributed by atoms with van der Waals surface area (Å²) >= 11 is 0. The number of fused-ring (bicyclic) bond motifs is 1. The maximum Gasteiger partial charge on any atom is 0.164 e. The molecule has 4 aromatic rings. The first-order valence-electron chi connectivity index (χ1n) is 12.9. The van der Waals surface area contributed by atoms with Crippen molar-refractivity contribution in [3.63, 3.8) is 0 Å². The Hall–Kier alpha value is -3.69. The summed E-state index contributed by atoms with van der Waals surface area (Å²) in [6, 6.07) is 17.0. The maximum absolute atomic E-state index is 6.34. The number of rotatable bonds is 9. The van der Waals surface area contributed by atoms with Crippen LogP contribution in [0.4, 0.5) is 11.5 Å². The van der Waals surface area contributed by atoms with Crippen molar-refractivity contribution in [1.82, 2.24) is 29.5 Å². The van der Waals surface area contributed by atoms with Crippen molar-refractivity contribution in [2.24, 2.45) is 0 Å². The lowest BCUT2D eigenvalue weighted by molar-refractivity contribution is 0.141. The van der Waals surface area contributed by atoms with E-state index in [2.05, 4.69) is 51.3 Å². The van der Waals surface area contributed by atoms with Crippen LogP contribution in [-0.4, -0.2) is 76.4 Å². The number of anilines is 2. The number of piperidine rings is 1. The smallest absolute Gasteiger partial charge is 0.164 e. The van der Waals surface area contributed by atoms with Gasteiger partial charge in [-0.15, -0.1) is 0 Å². The molecule has 37 heavy (non-hydrogen) atoms. The minimum absolute atomic E-state index is 0.434. The fourth-order valence-electron chi connectivity index (χ4n) is 5.06. The van der Waals surface area contributed by atoms with E-state index < -0.39 is 0 Å². The van der Waals surface area contributed by atoms with Gasteiger partial charge in [-0.1, -0.05) is 36.4 Å². The second-order valence-corrected chi connectivity index (χ2v) is 9.82. The monoisotopic (exact) mass is 500 g/mol. The predicted octanol–water partition coefficient (Wildman–Crippen LogP) is 3.72. The molecule has 2 aromatic heterocycles. The van der Waals surface area contributed by atoms with Gasteiger partial charge in [-0.2, -0.15) is 5.10 Å². The molecule has 0 radical (unpaired) electrons. The van der Waals surface area contributed by atoms with Gasteiger partial charge in [-0.25, -0.2) is 14.6 Å². The van der Waals surface area contributed by atoms with E-state index in [1.165, 1.54) is 24.7 Å². The molecule has 3 heterocycles. The summed E-state index contributed by atoms with van der Waals surface area (Å²) in [7, 11) is 6.02. The third-order valence-electron chi connectivity index (χ3n) is 7.27. The topological polar surface area (TPSA) is 97.4 Å². The zero-order valence-corrected chi connectivity index (χ0v) is 21.9. The number of methoxy groups -OCH3 is 1. The molecule has 0 amide bonds. The summed E-state index contributed by atoms with van der Waals surface area (Å²) in [5, 5.41) is 9.22. The Balaban J connectivity index is 1.37. The number of hydrogen-bond acceptors (Lipinski definition) is 8. The second kappa shape index (κ2) is 11.1. The molecule has 1 fully saturated rings. The summed E-state index contributed by atoms with van der Waals surface area (Å²) in [4.78, 5) is 13.7. The molecule has 0 bridgehead atoms. The molecule has 9 nitrogen and oxygen atoms in total. The molecule has 3 N–H and O–H groups in total. The van der Waals surface area contributed by atoms with Gasteiger partial charge in [0, 0.05) is 24.7 Å². The van der Waals surface area contributed by atoms with Crippen molar-refractivity contribution >= 4 is 22.5 Å². The molecule has 2 aromatic carbocycles. The minimum atomic E-state index is 0.434. The van der Waals surface area contributed by atoms with Crippen molar-refractivity contribution in [3.8, 4) is 17.0 Å². The minimum Gasteiger partial charge on any atom is -0.495 e. The van der Waals surface area contributed by atoms with Crippen LogP contribution in [0.3, 0.4) is 0 Å². The highest BCUT2D eigenvalue weighted by atomic mass is 16.5. The van der Waals surface area contributed by atoms with Crippen LogP contribution >= 0.6 is 0 Å². The van der Waals surface area contributed by atoms with Gasteiger partial charge in [0.1, 0.15) is 23.6 Å². The van der Waals surface area contributed by atoms with E-state index in [0.717, 1.165) is 59.9 Å². The number of nitrogens with two attached hydrogens (primary N) is 1. The van der Waals surface area contributed by atoms with Crippen molar-refractivity contribution < 1.29 is 4.74 Å². The Morgan fingerprint density at radius 1 is 1.05 bits per heavy atom. The molecule has 0 spiro atoms. The first-order valence-corrected chi connectivity index (χ1v) is 12.9. The SMILES string of the molecule is COc1cc(-c2nn(CCN3CCC(N(C)C)CC3)c3ncnc(N)c23)ccc1NCc1ccccc1. The van der Waals surface area contributed by atoms with Crippen LogP contribution in [0.25, 0.3) is 22.3 Å². The number of likely N-dealkylation sites (tertiary alicyclic amines) is 1. The number of nitrogen functional groups attached to an aromatic ring is 1. The molecule has 0 unspecified atom stereocenters. The number of hydrogen-bond donors (Lipinski definition) is 2. The first-order chi connectivity index (χ1) is 18.0. The number of nitrogens with zero attached hydrogens (tertiary/aromatic N) is 6. The van der Waals surface area contributed by atoms with Gasteiger partial charge < -0.3 is 25.6 Å². The lowest BCUT2D eigenvalue weighted by Crippen LogP contribution is -2.42. The zero-order valence-electron chi connectivity index (χ0n) is 21.9. The van der Waals surface area contributed by atoms with E-state index in [9.17, 15) is 0 Å². The molecule has 5 rings (SSSR count). The molecule has 1 aliphatic rings. The molecule has 0 atom stereocenters. The normalized spacial score (nSPS) is 14.9. The number of aromatic nitrogens is 4. The fraction of sp³-hybridized carbons (Fsp3) is 0.393. The van der Waals surface area contributed by atoms with E-state index in [4.69, 9.17) is 15.6 Å². The van der Waals surface area contributed by atoms with Crippen LogP contribution in [0.15, 0.2) is 54.9 Å². The van der Waals surface area contributed by atoms with Crippen LogP contribution in [0.5, 0.6) is 5.75 Å². The highest BCUT2D eigenvalue weighted by molar-refractivity contribution is 5.98. The molecule has 194 valence electrons. The largest absolute Gasteiger partial charge is 0.495 e. The lowest BCUT2D eigenvalue weighted by atomic mass is 10.0. The van der Waals surface area contributed by atoms with Crippen molar-refractivity contribution in [2.45, 2.75) is 32.0 Å². The molecular formula is C28H36N8O. The Labute approximate surface area is 218 Å². The van der Waals surface area contributed by atoms with Gasteiger partial charge in [-0.05, 0) is 57.7 Å². The highest BCUT2D eigenvalue weighted by Crippen LogP contribution is 2.35. The third-order valence-corrected chi connectivity index (χ3v) is 7.27. The van der Waals surface area contributed by atoms with Gasteiger partial charge in [0.25, 0.3) is 0 Å². The predicted molar refractivity (Wildman–Crippen MR) is 149 cm³/mol. The van der Waals surface area contributed by atoms with E-state index >= 15 is 0 Å². The van der Waals surface area contributed by atoms with Crippen LogP contribution in [0, 0.1) is 0 Å². The Bertz CT molecular complexity index is 1330. The molecule has 0 saturated carbocycles. The van der Waals surface area contributed by atoms with Crippen LogP contribution < -0.4 is 15.8 Å². The quantitative estimate of drug-likeness (QED) is 0.359. The van der Waals surface area contributed by atoms with Crippen LogP contribution in [0.1, 0.15) is 18.4 Å². The standard InChI is InChI=1S/C28H36N8O/c1-34(2)22-11-13-35(14-12-22)15-16-36-28-25(27(29)31-19-32-28)26(33-36)21-9-10-23(24(17-21)37-3)30-18-20-7-5-4-6-8-20/h4-10,17,19,22,30H,11-16,18H2,1-3H3,(H2,29,31,32). The average molecular weight is 501 g/mol. The Morgan fingerprint density at radius 3 is 2.57 bits per heavy atom. The molecule has 9 heteroatoms. The molecule has 0 aliphatic carbocycles. The number of ether oxygens (including phenoxy) is 1. The molecule has 1 aliphatic heterocycles. The van der Waals surface area contributed by atoms with Gasteiger partial charge in [0.05, 0.1) is 24.7 Å². The summed E-state index contributed by atoms with van der Waals surface area (Å²) in [5.41, 5.74) is 10.9. The van der Waals surface area contributed by atoms with Crippen molar-refractivity contribution in [2.75, 3.05) is 51.9 Å². The van der Waals surface area contributed by atoms with E-state index in [1.54, 1.807) is 7.11 Å². The first kappa shape index (κ1) is 25.0. The van der Waals surface area contributed by atoms with Crippen molar-refractivity contribution in [1.29, 1.82) is 0 Å². The summed E-state index contributed by atoms with van der Waals surface area (Å²) < 4.78 is 7.69. The summed E-state index contributed by atoms with van der Waals surface area (Å²) in [6.45, 7) is 4.57. The lowest BCUT2D eigenvalue weighted by Gasteiger charge is -2.35. The molecular weight excluding hydrogens is 464 g/mol. The van der Waals surface area contributed by atoms with Crippen LogP contribution in [-0.2, 0) is 13.1 Å². The van der Waals surface area contributed by atoms with Gasteiger partial charge in [-0.3, -0.25) is 0 Å². The number of benzene rings is 2. The summed E-state index contributed by atoms with van der Waals surface area (Å²) in [5.74, 6) is 1.18. The zero-order chi connectivity index (χ0) is 25.8. The Morgan fingerprint density at radius 2 is 1.84 bits per heavy atom. The van der Waals surface area contributed by atoms with E-state index in [-0.39, 0.29) is 0 Å². The highest BCUT2D eigenvalue weighted by Gasteiger charge is 2.22. The fourth-order valence-corrected chi connectivity index (χ4v) is 5.06. The summed E-state index contributed by atoms with van der Waals surface area (Å²) in [6.07, 6.45) is 3.90. The molecule has 1 saturated heterocycles. The maximum atomic E-state index is 6.34. The van der Waals surface area contributed by atoms with Crippen LogP contribution in [0.2, 0.25) is 0 Å². The van der Waals surface area contributed by atoms with Gasteiger partial charge in [0.15, 0.2) is 5.65 Å². The van der Waals surface area contributed by atoms with E-state index in [0.29, 0.717) is 18.4 Å². The van der Waals surface area contributed by atoms with E-state index in [1.807, 2.05) is 41.1 Å².